The van der Waals surface area contributed by atoms with Gasteiger partial charge in [0.05, 0.1) is 10.3 Å². The highest BCUT2D eigenvalue weighted by molar-refractivity contribution is 5.99. The first-order valence-corrected chi connectivity index (χ1v) is 8.70. The summed E-state index contributed by atoms with van der Waals surface area (Å²) in [5.74, 6) is 0.539. The van der Waals surface area contributed by atoms with Gasteiger partial charge >= 0.3 is 0 Å². The fourth-order valence-electron chi connectivity index (χ4n) is 3.56. The Morgan fingerprint density at radius 2 is 1.96 bits per heavy atom. The summed E-state index contributed by atoms with van der Waals surface area (Å²) in [4.78, 5) is 31.5. The highest BCUT2D eigenvalue weighted by Crippen LogP contribution is 2.34. The summed E-state index contributed by atoms with van der Waals surface area (Å²) in [5.41, 5.74) is 1.05. The molecule has 0 atom stereocenters. The lowest BCUT2D eigenvalue weighted by molar-refractivity contribution is -0.383. The van der Waals surface area contributed by atoms with E-state index in [1.165, 1.54) is 0 Å². The number of non-ortho nitro benzene ring substituents is 1. The van der Waals surface area contributed by atoms with Crippen LogP contribution in [0.4, 0.5) is 11.4 Å². The number of hydrogen-bond donors (Lipinski definition) is 0. The number of nitro benzene ring substituents is 1. The van der Waals surface area contributed by atoms with Gasteiger partial charge in [-0.25, -0.2) is 0 Å². The first kappa shape index (κ1) is 15.8. The predicted molar refractivity (Wildman–Crippen MR) is 94.5 cm³/mol. The molecule has 130 valence electrons. The van der Waals surface area contributed by atoms with Crippen LogP contribution in [0.1, 0.15) is 19.3 Å². The molecule has 0 bridgehead atoms. The van der Waals surface area contributed by atoms with E-state index in [0.29, 0.717) is 17.8 Å². The zero-order valence-electron chi connectivity index (χ0n) is 13.9. The van der Waals surface area contributed by atoms with Crippen molar-refractivity contribution >= 4 is 28.1 Å². The first-order chi connectivity index (χ1) is 12.1. The number of anilines is 1. The van der Waals surface area contributed by atoms with E-state index >= 15 is 0 Å². The van der Waals surface area contributed by atoms with Gasteiger partial charge in [-0.1, -0.05) is 0 Å². The quantitative estimate of drug-likeness (QED) is 0.634. The number of fused-ring (bicyclic) bond motifs is 1. The number of carbonyl (C=O) groups is 1. The molecule has 7 heteroatoms. The summed E-state index contributed by atoms with van der Waals surface area (Å²) in [7, 11) is 0. The Bertz CT molecular complexity index is 834. The second-order valence-electron chi connectivity index (χ2n) is 6.72. The molecule has 1 aromatic carbocycles. The molecule has 25 heavy (non-hydrogen) atoms. The molecule has 0 spiro atoms. The maximum atomic E-state index is 12.3. The Hall–Kier alpha value is -2.70. The van der Waals surface area contributed by atoms with Gasteiger partial charge in [-0.05, 0) is 31.4 Å². The maximum absolute atomic E-state index is 12.3. The summed E-state index contributed by atoms with van der Waals surface area (Å²) in [6.07, 6.45) is 6.17. The minimum absolute atomic E-state index is 0.0761. The minimum atomic E-state index is -0.369. The van der Waals surface area contributed by atoms with Crippen LogP contribution < -0.4 is 4.90 Å². The highest BCUT2D eigenvalue weighted by Gasteiger charge is 2.34. The molecule has 1 saturated carbocycles. The summed E-state index contributed by atoms with van der Waals surface area (Å²) >= 11 is 0. The average Bonchev–Trinajstić information content (AvgIpc) is 3.46. The standard InChI is InChI=1S/C18H20N4O3/c23-18(13-2-3-13)21-9-1-8-20(10-11-21)16-4-5-17(22(24)25)15-12-19-7-6-14(15)16/h4-7,12-13H,1-3,8-11H2. The van der Waals surface area contributed by atoms with Gasteiger partial charge in [0.25, 0.3) is 5.69 Å². The van der Waals surface area contributed by atoms with Crippen molar-refractivity contribution in [3.8, 4) is 0 Å². The Kier molecular flexibility index (Phi) is 3.99. The van der Waals surface area contributed by atoms with Crippen LogP contribution in [-0.4, -0.2) is 46.9 Å². The predicted octanol–water partition coefficient (Wildman–Crippen LogP) is 2.59. The van der Waals surface area contributed by atoms with E-state index in [1.54, 1.807) is 18.5 Å². The zero-order valence-corrected chi connectivity index (χ0v) is 13.9. The van der Waals surface area contributed by atoms with E-state index < -0.39 is 0 Å². The largest absolute Gasteiger partial charge is 0.369 e. The van der Waals surface area contributed by atoms with Crippen molar-refractivity contribution in [1.82, 2.24) is 9.88 Å². The Balaban J connectivity index is 1.62. The number of benzene rings is 1. The third kappa shape index (κ3) is 3.01. The van der Waals surface area contributed by atoms with Crippen molar-refractivity contribution in [3.63, 3.8) is 0 Å². The van der Waals surface area contributed by atoms with E-state index in [2.05, 4.69) is 9.88 Å². The maximum Gasteiger partial charge on any atom is 0.278 e. The molecule has 2 aliphatic rings. The van der Waals surface area contributed by atoms with Crippen LogP contribution >= 0.6 is 0 Å². The molecular formula is C18H20N4O3. The smallest absolute Gasteiger partial charge is 0.278 e. The third-order valence-electron chi connectivity index (χ3n) is 5.04. The number of pyridine rings is 1. The summed E-state index contributed by atoms with van der Waals surface area (Å²) in [6, 6.07) is 5.20. The van der Waals surface area contributed by atoms with Crippen molar-refractivity contribution in [2.75, 3.05) is 31.1 Å². The lowest BCUT2D eigenvalue weighted by Gasteiger charge is -2.25. The van der Waals surface area contributed by atoms with Crippen LogP contribution in [0.3, 0.4) is 0 Å². The van der Waals surface area contributed by atoms with Gasteiger partial charge in [0.1, 0.15) is 0 Å². The number of carbonyl (C=O) groups excluding carboxylic acids is 1. The molecule has 1 amide bonds. The van der Waals surface area contributed by atoms with E-state index in [4.69, 9.17) is 0 Å². The zero-order chi connectivity index (χ0) is 17.4. The van der Waals surface area contributed by atoms with Crippen LogP contribution in [0.15, 0.2) is 30.6 Å². The van der Waals surface area contributed by atoms with Gasteiger partial charge in [-0.15, -0.1) is 0 Å². The summed E-state index contributed by atoms with van der Waals surface area (Å²) in [5, 5.41) is 12.7. The highest BCUT2D eigenvalue weighted by atomic mass is 16.6. The van der Waals surface area contributed by atoms with Crippen LogP contribution in [0, 0.1) is 16.0 Å². The molecule has 0 N–H and O–H groups in total. The topological polar surface area (TPSA) is 79.6 Å². The molecule has 1 aliphatic carbocycles. The van der Waals surface area contributed by atoms with Gasteiger partial charge < -0.3 is 9.80 Å². The minimum Gasteiger partial charge on any atom is -0.369 e. The molecule has 2 aromatic rings. The Morgan fingerprint density at radius 3 is 2.72 bits per heavy atom. The van der Waals surface area contributed by atoms with Crippen LogP contribution in [-0.2, 0) is 4.79 Å². The van der Waals surface area contributed by atoms with Gasteiger partial charge in [0, 0.05) is 61.6 Å². The number of amides is 1. The van der Waals surface area contributed by atoms with Crippen LogP contribution in [0.5, 0.6) is 0 Å². The second-order valence-corrected chi connectivity index (χ2v) is 6.72. The molecule has 4 rings (SSSR count). The van der Waals surface area contributed by atoms with E-state index in [0.717, 1.165) is 50.0 Å². The molecular weight excluding hydrogens is 320 g/mol. The molecule has 2 heterocycles. The number of nitro groups is 1. The Labute approximate surface area is 145 Å². The molecule has 0 radical (unpaired) electrons. The van der Waals surface area contributed by atoms with Crippen molar-refractivity contribution in [3.05, 3.63) is 40.7 Å². The lowest BCUT2D eigenvalue weighted by atomic mass is 10.1. The van der Waals surface area contributed by atoms with E-state index in [1.807, 2.05) is 17.0 Å². The van der Waals surface area contributed by atoms with Crippen molar-refractivity contribution in [2.45, 2.75) is 19.3 Å². The molecule has 2 fully saturated rings. The number of hydrogen-bond acceptors (Lipinski definition) is 5. The fraction of sp³-hybridized carbons (Fsp3) is 0.444. The molecule has 0 unspecified atom stereocenters. The van der Waals surface area contributed by atoms with Gasteiger partial charge in [-0.3, -0.25) is 19.9 Å². The second kappa shape index (κ2) is 6.31. The number of nitrogens with zero attached hydrogens (tertiary/aromatic N) is 4. The average molecular weight is 340 g/mol. The lowest BCUT2D eigenvalue weighted by Crippen LogP contribution is -2.36. The van der Waals surface area contributed by atoms with E-state index in [-0.39, 0.29) is 16.5 Å². The van der Waals surface area contributed by atoms with Gasteiger partial charge in [-0.2, -0.15) is 0 Å². The monoisotopic (exact) mass is 340 g/mol. The summed E-state index contributed by atoms with van der Waals surface area (Å²) in [6.45, 7) is 3.08. The number of aromatic nitrogens is 1. The number of rotatable bonds is 3. The molecule has 1 aromatic heterocycles. The normalized spacial score (nSPS) is 18.2. The third-order valence-corrected chi connectivity index (χ3v) is 5.04. The molecule has 1 saturated heterocycles. The van der Waals surface area contributed by atoms with Gasteiger partial charge in [0.2, 0.25) is 5.91 Å². The first-order valence-electron chi connectivity index (χ1n) is 8.70. The fourth-order valence-corrected chi connectivity index (χ4v) is 3.56. The van der Waals surface area contributed by atoms with Gasteiger partial charge in [0.15, 0.2) is 0 Å². The molecule has 1 aliphatic heterocycles. The molecule has 7 nitrogen and oxygen atoms in total. The van der Waals surface area contributed by atoms with Crippen molar-refractivity contribution in [1.29, 1.82) is 0 Å². The Morgan fingerprint density at radius 1 is 1.12 bits per heavy atom. The van der Waals surface area contributed by atoms with Crippen molar-refractivity contribution < 1.29 is 9.72 Å². The van der Waals surface area contributed by atoms with Crippen LogP contribution in [0.25, 0.3) is 10.8 Å². The summed E-state index contributed by atoms with van der Waals surface area (Å²) < 4.78 is 0. The van der Waals surface area contributed by atoms with E-state index in [9.17, 15) is 14.9 Å². The van der Waals surface area contributed by atoms with Crippen LogP contribution in [0.2, 0.25) is 0 Å². The van der Waals surface area contributed by atoms with Crippen molar-refractivity contribution in [2.24, 2.45) is 5.92 Å². The SMILES string of the molecule is O=C(C1CC1)N1CCCN(c2ccc([N+](=O)[O-])c3cnccc23)CC1.